The van der Waals surface area contributed by atoms with Crippen LogP contribution >= 0.6 is 0 Å². The summed E-state index contributed by atoms with van der Waals surface area (Å²) in [5.74, 6) is 1.07. The van der Waals surface area contributed by atoms with Crippen LogP contribution in [0.1, 0.15) is 24.8 Å². The van der Waals surface area contributed by atoms with Gasteiger partial charge in [0.25, 0.3) is 0 Å². The van der Waals surface area contributed by atoms with Gasteiger partial charge in [0.05, 0.1) is 6.61 Å². The number of Topliss-reactive ketones (excluding diaryl/α,β-unsaturated/α-hetero) is 1. The van der Waals surface area contributed by atoms with Crippen molar-refractivity contribution in [1.82, 2.24) is 0 Å². The molecule has 2 rings (SSSR count). The second-order valence-electron chi connectivity index (χ2n) is 3.60. The van der Waals surface area contributed by atoms with Gasteiger partial charge in [0.15, 0.2) is 0 Å². The van der Waals surface area contributed by atoms with Crippen LogP contribution in [0.4, 0.5) is 0 Å². The maximum absolute atomic E-state index is 11.0. The number of carbonyl (C=O) groups is 1. The summed E-state index contributed by atoms with van der Waals surface area (Å²) in [5, 5.41) is 9.62. The lowest BCUT2D eigenvalue weighted by Crippen LogP contribution is -2.05. The number of phenols is 1. The number of aromatic hydroxyl groups is 1. The zero-order valence-corrected chi connectivity index (χ0v) is 7.99. The summed E-state index contributed by atoms with van der Waals surface area (Å²) in [7, 11) is 0. The SMILES string of the molecule is CC(=O)CC1COc2cccc(O)c21. The van der Waals surface area contributed by atoms with Gasteiger partial charge in [-0.3, -0.25) is 0 Å². The molecule has 0 amide bonds. The molecule has 1 aliphatic rings. The molecule has 0 aromatic heterocycles. The third-order valence-electron chi connectivity index (χ3n) is 2.43. The van der Waals surface area contributed by atoms with Gasteiger partial charge in [-0.25, -0.2) is 0 Å². The number of hydrogen-bond donors (Lipinski definition) is 1. The lowest BCUT2D eigenvalue weighted by molar-refractivity contribution is -0.117. The van der Waals surface area contributed by atoms with Crippen molar-refractivity contribution < 1.29 is 14.6 Å². The molecule has 1 aliphatic heterocycles. The van der Waals surface area contributed by atoms with Crippen molar-refractivity contribution in [1.29, 1.82) is 0 Å². The first kappa shape index (κ1) is 9.06. The van der Waals surface area contributed by atoms with Crippen LogP contribution in [0.25, 0.3) is 0 Å². The minimum Gasteiger partial charge on any atom is -0.508 e. The second kappa shape index (κ2) is 3.33. The molecule has 0 saturated carbocycles. The van der Waals surface area contributed by atoms with Crippen LogP contribution in [0.2, 0.25) is 0 Å². The first-order chi connectivity index (χ1) is 6.68. The predicted octanol–water partition coefficient (Wildman–Crippen LogP) is 1.85. The maximum atomic E-state index is 11.0. The molecular formula is C11H12O3. The number of hydrogen-bond acceptors (Lipinski definition) is 3. The Morgan fingerprint density at radius 1 is 1.64 bits per heavy atom. The van der Waals surface area contributed by atoms with Crippen LogP contribution < -0.4 is 4.74 Å². The lowest BCUT2D eigenvalue weighted by Gasteiger charge is -2.06. The molecule has 3 heteroatoms. The van der Waals surface area contributed by atoms with E-state index >= 15 is 0 Å². The number of ketones is 1. The average Bonchev–Trinajstić information content (AvgIpc) is 2.49. The minimum absolute atomic E-state index is 0.0173. The van der Waals surface area contributed by atoms with E-state index in [-0.39, 0.29) is 17.5 Å². The van der Waals surface area contributed by atoms with E-state index in [1.807, 2.05) is 6.07 Å². The highest BCUT2D eigenvalue weighted by Gasteiger charge is 2.27. The molecule has 1 atom stereocenters. The highest BCUT2D eigenvalue weighted by atomic mass is 16.5. The molecule has 0 fully saturated rings. The van der Waals surface area contributed by atoms with Gasteiger partial charge in [-0.2, -0.15) is 0 Å². The van der Waals surface area contributed by atoms with Crippen molar-refractivity contribution >= 4 is 5.78 Å². The highest BCUT2D eigenvalue weighted by molar-refractivity contribution is 5.77. The van der Waals surface area contributed by atoms with Gasteiger partial charge in [-0.15, -0.1) is 0 Å². The molecule has 1 unspecified atom stereocenters. The Bertz CT molecular complexity index is 371. The fraction of sp³-hybridized carbons (Fsp3) is 0.364. The summed E-state index contributed by atoms with van der Waals surface area (Å²) < 4.78 is 5.38. The zero-order valence-electron chi connectivity index (χ0n) is 7.99. The number of benzene rings is 1. The van der Waals surface area contributed by atoms with Crippen LogP contribution in [0.5, 0.6) is 11.5 Å². The molecule has 0 radical (unpaired) electrons. The van der Waals surface area contributed by atoms with E-state index in [0.29, 0.717) is 18.8 Å². The van der Waals surface area contributed by atoms with Gasteiger partial charge < -0.3 is 14.6 Å². The molecule has 1 aromatic carbocycles. The first-order valence-electron chi connectivity index (χ1n) is 4.62. The van der Waals surface area contributed by atoms with E-state index in [9.17, 15) is 9.90 Å². The molecule has 1 N–H and O–H groups in total. The molecule has 0 spiro atoms. The molecule has 0 aliphatic carbocycles. The molecule has 3 nitrogen and oxygen atoms in total. The van der Waals surface area contributed by atoms with E-state index in [2.05, 4.69) is 0 Å². The van der Waals surface area contributed by atoms with Gasteiger partial charge in [0, 0.05) is 17.9 Å². The highest BCUT2D eigenvalue weighted by Crippen LogP contribution is 2.41. The summed E-state index contributed by atoms with van der Waals surface area (Å²) in [5.41, 5.74) is 0.780. The Kier molecular flexibility index (Phi) is 2.15. The second-order valence-corrected chi connectivity index (χ2v) is 3.60. The van der Waals surface area contributed by atoms with E-state index in [1.165, 1.54) is 0 Å². The average molecular weight is 192 g/mol. The summed E-state index contributed by atoms with van der Waals surface area (Å²) >= 11 is 0. The van der Waals surface area contributed by atoms with Crippen LogP contribution in [0.3, 0.4) is 0 Å². The Balaban J connectivity index is 2.33. The number of phenolic OH excluding ortho intramolecular Hbond substituents is 1. The Morgan fingerprint density at radius 3 is 3.14 bits per heavy atom. The number of rotatable bonds is 2. The topological polar surface area (TPSA) is 46.5 Å². The third-order valence-corrected chi connectivity index (χ3v) is 2.43. The van der Waals surface area contributed by atoms with E-state index in [1.54, 1.807) is 19.1 Å². The Morgan fingerprint density at radius 2 is 2.43 bits per heavy atom. The Labute approximate surface area is 82.3 Å². The number of carbonyl (C=O) groups excluding carboxylic acids is 1. The lowest BCUT2D eigenvalue weighted by atomic mass is 9.95. The summed E-state index contributed by atoms with van der Waals surface area (Å²) in [6, 6.07) is 5.18. The van der Waals surface area contributed by atoms with Crippen molar-refractivity contribution in [2.75, 3.05) is 6.61 Å². The summed E-state index contributed by atoms with van der Waals surface area (Å²) in [4.78, 5) is 11.0. The van der Waals surface area contributed by atoms with Crippen LogP contribution in [0, 0.1) is 0 Å². The fourth-order valence-electron chi connectivity index (χ4n) is 1.85. The molecule has 0 bridgehead atoms. The smallest absolute Gasteiger partial charge is 0.130 e. The zero-order chi connectivity index (χ0) is 10.1. The predicted molar refractivity (Wildman–Crippen MR) is 51.6 cm³/mol. The Hall–Kier alpha value is -1.51. The van der Waals surface area contributed by atoms with Gasteiger partial charge in [-0.1, -0.05) is 6.07 Å². The molecule has 0 saturated heterocycles. The quantitative estimate of drug-likeness (QED) is 0.777. The van der Waals surface area contributed by atoms with Gasteiger partial charge in [0.2, 0.25) is 0 Å². The van der Waals surface area contributed by atoms with Crippen LogP contribution in [-0.2, 0) is 4.79 Å². The number of fused-ring (bicyclic) bond motifs is 1. The number of ether oxygens (including phenoxy) is 1. The van der Waals surface area contributed by atoms with Gasteiger partial charge in [-0.05, 0) is 19.1 Å². The largest absolute Gasteiger partial charge is 0.508 e. The molecule has 14 heavy (non-hydrogen) atoms. The van der Waals surface area contributed by atoms with E-state index < -0.39 is 0 Å². The van der Waals surface area contributed by atoms with Crippen molar-refractivity contribution in [2.24, 2.45) is 0 Å². The van der Waals surface area contributed by atoms with Crippen molar-refractivity contribution in [3.05, 3.63) is 23.8 Å². The van der Waals surface area contributed by atoms with Gasteiger partial charge in [0.1, 0.15) is 17.3 Å². The third kappa shape index (κ3) is 1.45. The van der Waals surface area contributed by atoms with Crippen LogP contribution in [-0.4, -0.2) is 17.5 Å². The van der Waals surface area contributed by atoms with E-state index in [0.717, 1.165) is 5.56 Å². The minimum atomic E-state index is 0.0173. The molecule has 1 heterocycles. The van der Waals surface area contributed by atoms with Crippen molar-refractivity contribution in [3.8, 4) is 11.5 Å². The van der Waals surface area contributed by atoms with Crippen LogP contribution in [0.15, 0.2) is 18.2 Å². The molecule has 1 aromatic rings. The normalized spacial score (nSPS) is 18.8. The fourth-order valence-corrected chi connectivity index (χ4v) is 1.85. The molecule has 74 valence electrons. The van der Waals surface area contributed by atoms with E-state index in [4.69, 9.17) is 4.74 Å². The summed E-state index contributed by atoms with van der Waals surface area (Å²) in [6.45, 7) is 2.05. The van der Waals surface area contributed by atoms with Gasteiger partial charge >= 0.3 is 0 Å². The monoisotopic (exact) mass is 192 g/mol. The molecular weight excluding hydrogens is 180 g/mol. The standard InChI is InChI=1S/C11H12O3/c1-7(12)5-8-6-14-10-4-2-3-9(13)11(8)10/h2-4,8,13H,5-6H2,1H3. The summed E-state index contributed by atoms with van der Waals surface area (Å²) in [6.07, 6.45) is 0.435. The first-order valence-corrected chi connectivity index (χ1v) is 4.62. The van der Waals surface area contributed by atoms with Crippen molar-refractivity contribution in [2.45, 2.75) is 19.3 Å². The van der Waals surface area contributed by atoms with Crippen molar-refractivity contribution in [3.63, 3.8) is 0 Å². The maximum Gasteiger partial charge on any atom is 0.130 e.